The molecule has 1 aromatic rings. The maximum atomic E-state index is 11.0. The Morgan fingerprint density at radius 3 is 3.00 bits per heavy atom. The van der Waals surface area contributed by atoms with Crippen molar-refractivity contribution >= 4 is 17.7 Å². The summed E-state index contributed by atoms with van der Waals surface area (Å²) >= 11 is 1.97. The van der Waals surface area contributed by atoms with Gasteiger partial charge >= 0.3 is 5.97 Å². The van der Waals surface area contributed by atoms with E-state index in [0.717, 1.165) is 11.3 Å². The molecule has 0 saturated carbocycles. The topological polar surface area (TPSA) is 49.3 Å². The Balaban J connectivity index is 1.96. The lowest BCUT2D eigenvalue weighted by Crippen LogP contribution is -2.33. The Hall–Kier alpha value is -1.00. The average molecular weight is 251 g/mol. The maximum Gasteiger partial charge on any atom is 0.336 e. The molecule has 1 aromatic carbocycles. The van der Waals surface area contributed by atoms with Crippen LogP contribution in [0.2, 0.25) is 0 Å². The lowest BCUT2D eigenvalue weighted by atomic mass is 10.1. The molecule has 92 valence electrons. The number of thioether (sulfide) groups is 1. The van der Waals surface area contributed by atoms with E-state index in [1.165, 1.54) is 18.6 Å². The number of nitrogens with one attached hydrogen (secondary N) is 1. The number of carboxylic acid groups (broad SMARTS) is 1. The lowest BCUT2D eigenvalue weighted by molar-refractivity contribution is 0.0695. The first-order valence-corrected chi connectivity index (χ1v) is 7.05. The van der Waals surface area contributed by atoms with Gasteiger partial charge in [-0.15, -0.1) is 0 Å². The quantitative estimate of drug-likeness (QED) is 0.862. The van der Waals surface area contributed by atoms with E-state index in [4.69, 9.17) is 5.11 Å². The molecule has 17 heavy (non-hydrogen) atoms. The van der Waals surface area contributed by atoms with E-state index in [2.05, 4.69) is 5.32 Å². The number of aromatic carboxylic acids is 1. The third kappa shape index (κ3) is 3.48. The summed E-state index contributed by atoms with van der Waals surface area (Å²) in [5, 5.41) is 12.5. The van der Waals surface area contributed by atoms with Crippen LogP contribution in [0.1, 0.15) is 28.8 Å². The molecule has 3 nitrogen and oxygen atoms in total. The molecular formula is C13H17NO2S. The van der Waals surface area contributed by atoms with Crippen molar-refractivity contribution in [2.45, 2.75) is 25.4 Å². The normalized spacial score (nSPS) is 20.1. The Morgan fingerprint density at radius 1 is 1.47 bits per heavy atom. The number of benzene rings is 1. The minimum Gasteiger partial charge on any atom is -0.478 e. The molecule has 0 amide bonds. The van der Waals surface area contributed by atoms with E-state index in [0.29, 0.717) is 18.2 Å². The second-order valence-corrected chi connectivity index (χ2v) is 5.41. The monoisotopic (exact) mass is 251 g/mol. The second-order valence-electron chi connectivity index (χ2n) is 4.26. The van der Waals surface area contributed by atoms with Crippen LogP contribution >= 0.6 is 11.8 Å². The van der Waals surface area contributed by atoms with Gasteiger partial charge in [-0.3, -0.25) is 0 Å². The largest absolute Gasteiger partial charge is 0.478 e. The van der Waals surface area contributed by atoms with Crippen LogP contribution in [0.3, 0.4) is 0 Å². The summed E-state index contributed by atoms with van der Waals surface area (Å²) in [6.45, 7) is 0.647. The van der Waals surface area contributed by atoms with Crippen LogP contribution in [0, 0.1) is 0 Å². The van der Waals surface area contributed by atoms with Crippen molar-refractivity contribution in [3.63, 3.8) is 0 Å². The van der Waals surface area contributed by atoms with Gasteiger partial charge in [0.1, 0.15) is 0 Å². The highest BCUT2D eigenvalue weighted by Gasteiger charge is 2.14. The number of hydrogen-bond acceptors (Lipinski definition) is 3. The Morgan fingerprint density at radius 2 is 2.29 bits per heavy atom. The van der Waals surface area contributed by atoms with Gasteiger partial charge < -0.3 is 10.4 Å². The highest BCUT2D eigenvalue weighted by molar-refractivity contribution is 7.99. The first-order chi connectivity index (χ1) is 8.27. The van der Waals surface area contributed by atoms with Gasteiger partial charge in [-0.1, -0.05) is 18.2 Å². The van der Waals surface area contributed by atoms with Crippen molar-refractivity contribution in [3.8, 4) is 0 Å². The van der Waals surface area contributed by atoms with E-state index in [1.807, 2.05) is 23.9 Å². The van der Waals surface area contributed by atoms with Crippen LogP contribution in [-0.2, 0) is 6.54 Å². The standard InChI is InChI=1S/C13H17NO2S/c15-13(16)12-6-2-1-4-10(12)8-14-11-5-3-7-17-9-11/h1-2,4,6,11,14H,3,5,7-9H2,(H,15,16). The molecule has 0 aromatic heterocycles. The fourth-order valence-electron chi connectivity index (χ4n) is 2.04. The molecule has 4 heteroatoms. The first kappa shape index (κ1) is 12.5. The number of carboxylic acids is 1. The zero-order valence-electron chi connectivity index (χ0n) is 9.69. The van der Waals surface area contributed by atoms with Gasteiger partial charge in [-0.2, -0.15) is 11.8 Å². The van der Waals surface area contributed by atoms with Crippen LogP contribution < -0.4 is 5.32 Å². The third-order valence-corrected chi connectivity index (χ3v) is 4.20. The molecule has 0 spiro atoms. The van der Waals surface area contributed by atoms with E-state index in [1.54, 1.807) is 12.1 Å². The van der Waals surface area contributed by atoms with Gasteiger partial charge in [0.05, 0.1) is 5.56 Å². The molecule has 1 heterocycles. The van der Waals surface area contributed by atoms with Crippen LogP contribution in [0.5, 0.6) is 0 Å². The van der Waals surface area contributed by atoms with Gasteiger partial charge in [0.15, 0.2) is 0 Å². The molecule has 0 aliphatic carbocycles. The first-order valence-electron chi connectivity index (χ1n) is 5.89. The van der Waals surface area contributed by atoms with Crippen molar-refractivity contribution < 1.29 is 9.90 Å². The van der Waals surface area contributed by atoms with E-state index < -0.39 is 5.97 Å². The van der Waals surface area contributed by atoms with Crippen LogP contribution in [-0.4, -0.2) is 28.6 Å². The molecule has 0 radical (unpaired) electrons. The smallest absolute Gasteiger partial charge is 0.336 e. The van der Waals surface area contributed by atoms with Gasteiger partial charge in [0.2, 0.25) is 0 Å². The Labute approximate surface area is 106 Å². The predicted molar refractivity (Wildman–Crippen MR) is 70.6 cm³/mol. The molecule has 1 unspecified atom stereocenters. The third-order valence-electron chi connectivity index (χ3n) is 2.99. The van der Waals surface area contributed by atoms with Gasteiger partial charge in [-0.05, 0) is 30.2 Å². The van der Waals surface area contributed by atoms with E-state index >= 15 is 0 Å². The highest BCUT2D eigenvalue weighted by atomic mass is 32.2. The molecule has 1 fully saturated rings. The zero-order valence-corrected chi connectivity index (χ0v) is 10.5. The maximum absolute atomic E-state index is 11.0. The van der Waals surface area contributed by atoms with Gasteiger partial charge in [-0.25, -0.2) is 4.79 Å². The summed E-state index contributed by atoms with van der Waals surface area (Å²) in [5.74, 6) is 1.54. The molecule has 1 saturated heterocycles. The summed E-state index contributed by atoms with van der Waals surface area (Å²) in [6, 6.07) is 7.72. The molecule has 1 aliphatic heterocycles. The fourth-order valence-corrected chi connectivity index (χ4v) is 3.15. The molecule has 2 rings (SSSR count). The summed E-state index contributed by atoms with van der Waals surface area (Å²) in [5.41, 5.74) is 1.28. The molecule has 1 atom stereocenters. The summed E-state index contributed by atoms with van der Waals surface area (Å²) in [4.78, 5) is 11.0. The molecular weight excluding hydrogens is 234 g/mol. The van der Waals surface area contributed by atoms with Crippen molar-refractivity contribution in [3.05, 3.63) is 35.4 Å². The summed E-state index contributed by atoms with van der Waals surface area (Å²) < 4.78 is 0. The van der Waals surface area contributed by atoms with Crippen molar-refractivity contribution in [2.75, 3.05) is 11.5 Å². The minimum absolute atomic E-state index is 0.406. The number of rotatable bonds is 4. The SMILES string of the molecule is O=C(O)c1ccccc1CNC1CCCSC1. The summed E-state index contributed by atoms with van der Waals surface area (Å²) in [6.07, 6.45) is 2.45. The zero-order chi connectivity index (χ0) is 12.1. The summed E-state index contributed by atoms with van der Waals surface area (Å²) in [7, 11) is 0. The van der Waals surface area contributed by atoms with Gasteiger partial charge in [0, 0.05) is 18.3 Å². The highest BCUT2D eigenvalue weighted by Crippen LogP contribution is 2.17. The predicted octanol–water partition coefficient (Wildman–Crippen LogP) is 2.37. The Bertz CT molecular complexity index is 389. The Kier molecular flexibility index (Phi) is 4.45. The number of carbonyl (C=O) groups is 1. The fraction of sp³-hybridized carbons (Fsp3) is 0.462. The number of hydrogen-bond donors (Lipinski definition) is 2. The van der Waals surface area contributed by atoms with Crippen LogP contribution in [0.4, 0.5) is 0 Å². The van der Waals surface area contributed by atoms with E-state index in [-0.39, 0.29) is 0 Å². The van der Waals surface area contributed by atoms with Crippen LogP contribution in [0.15, 0.2) is 24.3 Å². The van der Waals surface area contributed by atoms with Crippen molar-refractivity contribution in [1.82, 2.24) is 5.32 Å². The molecule has 2 N–H and O–H groups in total. The van der Waals surface area contributed by atoms with Crippen LogP contribution in [0.25, 0.3) is 0 Å². The van der Waals surface area contributed by atoms with Crippen molar-refractivity contribution in [2.24, 2.45) is 0 Å². The van der Waals surface area contributed by atoms with Gasteiger partial charge in [0.25, 0.3) is 0 Å². The molecule has 1 aliphatic rings. The average Bonchev–Trinajstić information content (AvgIpc) is 2.38. The van der Waals surface area contributed by atoms with E-state index in [9.17, 15) is 4.79 Å². The minimum atomic E-state index is -0.847. The lowest BCUT2D eigenvalue weighted by Gasteiger charge is -2.22. The van der Waals surface area contributed by atoms with Crippen molar-refractivity contribution in [1.29, 1.82) is 0 Å². The second kappa shape index (κ2) is 6.07. The molecule has 0 bridgehead atoms.